The SMILES string of the molecule is O=C1COc2ccc(CN[C@H]3CCN(CCn4c(=O)ccc5c(F)cc(F)cc54)C[C@H]3O)nc2N1. The lowest BCUT2D eigenvalue weighted by Crippen LogP contribution is -2.53. The van der Waals surface area contributed by atoms with Crippen LogP contribution in [0.2, 0.25) is 0 Å². The normalized spacial score (nSPS) is 20.4. The van der Waals surface area contributed by atoms with Gasteiger partial charge in [0, 0.05) is 49.7 Å². The molecule has 184 valence electrons. The van der Waals surface area contributed by atoms with Gasteiger partial charge in [-0.1, -0.05) is 0 Å². The van der Waals surface area contributed by atoms with Gasteiger partial charge in [-0.2, -0.15) is 0 Å². The molecular weight excluding hydrogens is 460 g/mol. The lowest BCUT2D eigenvalue weighted by atomic mass is 10.0. The molecule has 0 radical (unpaired) electrons. The summed E-state index contributed by atoms with van der Waals surface area (Å²) in [6.07, 6.45) is 0.0168. The second-order valence-corrected chi connectivity index (χ2v) is 8.77. The molecule has 0 spiro atoms. The van der Waals surface area contributed by atoms with Crippen LogP contribution >= 0.6 is 0 Å². The molecule has 35 heavy (non-hydrogen) atoms. The maximum atomic E-state index is 14.1. The van der Waals surface area contributed by atoms with E-state index in [-0.39, 0.29) is 41.6 Å². The molecule has 0 aliphatic carbocycles. The highest BCUT2D eigenvalue weighted by atomic mass is 19.1. The number of rotatable bonds is 6. The number of carbonyl (C=O) groups is 1. The molecule has 0 saturated carbocycles. The lowest BCUT2D eigenvalue weighted by molar-refractivity contribution is -0.118. The van der Waals surface area contributed by atoms with Crippen LogP contribution in [0, 0.1) is 11.6 Å². The molecule has 1 amide bonds. The number of ether oxygens (including phenoxy) is 1. The van der Waals surface area contributed by atoms with E-state index in [2.05, 4.69) is 15.6 Å². The second kappa shape index (κ2) is 9.68. The number of carbonyl (C=O) groups excluding carboxylic acids is 1. The summed E-state index contributed by atoms with van der Waals surface area (Å²) in [6, 6.07) is 8.01. The molecule has 2 atom stereocenters. The Morgan fingerprint density at radius 2 is 2.03 bits per heavy atom. The molecule has 1 saturated heterocycles. The van der Waals surface area contributed by atoms with Gasteiger partial charge >= 0.3 is 0 Å². The Hall–Kier alpha value is -3.41. The Balaban J connectivity index is 1.18. The quantitative estimate of drug-likeness (QED) is 0.482. The topological polar surface area (TPSA) is 109 Å². The Bertz CT molecular complexity index is 1330. The van der Waals surface area contributed by atoms with Crippen molar-refractivity contribution in [1.29, 1.82) is 0 Å². The van der Waals surface area contributed by atoms with E-state index in [1.54, 1.807) is 12.1 Å². The number of hydrogen-bond donors (Lipinski definition) is 3. The standard InChI is InChI=1S/C24H25F2N5O4/c25-14-9-17(26)16-2-4-23(34)31(19(16)10-14)8-7-30-6-5-18(20(32)12-30)27-11-15-1-3-21-24(28-15)29-22(33)13-35-21/h1-4,9-10,18,20,27,32H,5-8,11-13H2,(H,28,29,33)/t18-,20+/m0/s1. The fourth-order valence-electron chi connectivity index (χ4n) is 4.57. The molecule has 2 aliphatic heterocycles. The number of likely N-dealkylation sites (tertiary alicyclic amines) is 1. The predicted octanol–water partition coefficient (Wildman–Crippen LogP) is 1.23. The minimum absolute atomic E-state index is 0.0278. The van der Waals surface area contributed by atoms with Crippen LogP contribution < -0.4 is 20.9 Å². The average Bonchev–Trinajstić information content (AvgIpc) is 2.82. The van der Waals surface area contributed by atoms with Crippen LogP contribution in [0.4, 0.5) is 14.6 Å². The number of piperidine rings is 1. The first-order valence-corrected chi connectivity index (χ1v) is 11.4. The molecule has 5 rings (SSSR count). The van der Waals surface area contributed by atoms with E-state index in [0.29, 0.717) is 49.9 Å². The van der Waals surface area contributed by atoms with E-state index in [1.165, 1.54) is 16.7 Å². The highest BCUT2D eigenvalue weighted by molar-refractivity contribution is 5.94. The first-order chi connectivity index (χ1) is 16.9. The molecule has 2 aliphatic rings. The van der Waals surface area contributed by atoms with Gasteiger partial charge in [0.2, 0.25) is 0 Å². The van der Waals surface area contributed by atoms with Crippen LogP contribution in [0.3, 0.4) is 0 Å². The summed E-state index contributed by atoms with van der Waals surface area (Å²) >= 11 is 0. The van der Waals surface area contributed by atoms with Crippen LogP contribution in [0.1, 0.15) is 12.1 Å². The van der Waals surface area contributed by atoms with Crippen molar-refractivity contribution in [2.24, 2.45) is 0 Å². The van der Waals surface area contributed by atoms with Gasteiger partial charge < -0.3 is 25.0 Å². The summed E-state index contributed by atoms with van der Waals surface area (Å²) in [6.45, 7) is 2.15. The molecule has 0 unspecified atom stereocenters. The highest BCUT2D eigenvalue weighted by Crippen LogP contribution is 2.25. The maximum absolute atomic E-state index is 14.1. The van der Waals surface area contributed by atoms with Crippen molar-refractivity contribution < 1.29 is 23.4 Å². The van der Waals surface area contributed by atoms with Crippen LogP contribution in [0.25, 0.3) is 10.9 Å². The lowest BCUT2D eigenvalue weighted by Gasteiger charge is -2.36. The van der Waals surface area contributed by atoms with E-state index >= 15 is 0 Å². The number of anilines is 1. The van der Waals surface area contributed by atoms with Crippen molar-refractivity contribution in [3.63, 3.8) is 0 Å². The molecule has 11 heteroatoms. The van der Waals surface area contributed by atoms with Gasteiger partial charge in [0.25, 0.3) is 11.5 Å². The number of benzene rings is 1. The minimum Gasteiger partial charge on any atom is -0.480 e. The average molecular weight is 485 g/mol. The van der Waals surface area contributed by atoms with E-state index in [9.17, 15) is 23.5 Å². The number of aromatic nitrogens is 2. The first kappa shape index (κ1) is 23.3. The molecular formula is C24H25F2N5O4. The van der Waals surface area contributed by atoms with Crippen LogP contribution in [-0.2, 0) is 17.9 Å². The number of pyridine rings is 2. The Kier molecular flexibility index (Phi) is 6.46. The molecule has 9 nitrogen and oxygen atoms in total. The minimum atomic E-state index is -0.736. The highest BCUT2D eigenvalue weighted by Gasteiger charge is 2.27. The third-order valence-electron chi connectivity index (χ3n) is 6.41. The number of aliphatic hydroxyl groups is 1. The smallest absolute Gasteiger partial charge is 0.263 e. The number of halogens is 2. The maximum Gasteiger partial charge on any atom is 0.263 e. The number of fused-ring (bicyclic) bond motifs is 2. The van der Waals surface area contributed by atoms with Gasteiger partial charge in [0.1, 0.15) is 11.6 Å². The predicted molar refractivity (Wildman–Crippen MR) is 124 cm³/mol. The summed E-state index contributed by atoms with van der Waals surface area (Å²) in [5.74, 6) is -0.782. The zero-order chi connectivity index (χ0) is 24.5. The van der Waals surface area contributed by atoms with Gasteiger partial charge in [-0.25, -0.2) is 13.8 Å². The van der Waals surface area contributed by atoms with Crippen molar-refractivity contribution in [1.82, 2.24) is 19.8 Å². The fraction of sp³-hybridized carbons (Fsp3) is 0.375. The van der Waals surface area contributed by atoms with Crippen molar-refractivity contribution in [3.05, 3.63) is 64.1 Å². The second-order valence-electron chi connectivity index (χ2n) is 8.77. The van der Waals surface area contributed by atoms with E-state index in [1.807, 2.05) is 4.90 Å². The summed E-state index contributed by atoms with van der Waals surface area (Å²) in [7, 11) is 0. The van der Waals surface area contributed by atoms with E-state index in [4.69, 9.17) is 4.74 Å². The molecule has 3 N–H and O–H groups in total. The van der Waals surface area contributed by atoms with Gasteiger partial charge in [0.15, 0.2) is 18.2 Å². The Labute approximate surface area is 199 Å². The first-order valence-electron chi connectivity index (χ1n) is 11.4. The van der Waals surface area contributed by atoms with Gasteiger partial charge in [-0.05, 0) is 37.2 Å². The third-order valence-corrected chi connectivity index (χ3v) is 6.41. The van der Waals surface area contributed by atoms with Crippen molar-refractivity contribution >= 4 is 22.6 Å². The van der Waals surface area contributed by atoms with Crippen LogP contribution in [-0.4, -0.2) is 63.9 Å². The number of hydrogen-bond acceptors (Lipinski definition) is 7. The number of nitrogens with one attached hydrogen (secondary N) is 2. The van der Waals surface area contributed by atoms with Gasteiger partial charge in [-0.15, -0.1) is 0 Å². The van der Waals surface area contributed by atoms with Gasteiger partial charge in [-0.3, -0.25) is 14.5 Å². The number of nitrogens with zero attached hydrogens (tertiary/aromatic N) is 3. The van der Waals surface area contributed by atoms with Crippen LogP contribution in [0.5, 0.6) is 5.75 Å². The fourth-order valence-corrected chi connectivity index (χ4v) is 4.57. The zero-order valence-electron chi connectivity index (χ0n) is 18.8. The van der Waals surface area contributed by atoms with Crippen molar-refractivity contribution in [2.45, 2.75) is 31.7 Å². The Morgan fingerprint density at radius 1 is 1.17 bits per heavy atom. The van der Waals surface area contributed by atoms with Crippen molar-refractivity contribution in [3.8, 4) is 5.75 Å². The largest absolute Gasteiger partial charge is 0.480 e. The summed E-state index contributed by atoms with van der Waals surface area (Å²) < 4.78 is 34.5. The molecule has 0 bridgehead atoms. The van der Waals surface area contributed by atoms with Gasteiger partial charge in [0.05, 0.1) is 17.3 Å². The Morgan fingerprint density at radius 3 is 2.86 bits per heavy atom. The third kappa shape index (κ3) is 5.02. The number of β-amino-alcohol motifs (C(OH)–C–C–N with tert-alkyl or cyclic N) is 1. The summed E-state index contributed by atoms with van der Waals surface area (Å²) in [4.78, 5) is 30.3. The van der Waals surface area contributed by atoms with E-state index in [0.717, 1.165) is 12.1 Å². The van der Waals surface area contributed by atoms with Crippen molar-refractivity contribution in [2.75, 3.05) is 31.6 Å². The molecule has 4 heterocycles. The number of amides is 1. The van der Waals surface area contributed by atoms with E-state index < -0.39 is 17.7 Å². The molecule has 3 aromatic rings. The summed E-state index contributed by atoms with van der Waals surface area (Å²) in [5.41, 5.74) is 0.587. The summed E-state index contributed by atoms with van der Waals surface area (Å²) in [5, 5.41) is 16.9. The van der Waals surface area contributed by atoms with Crippen LogP contribution in [0.15, 0.2) is 41.2 Å². The molecule has 1 fully saturated rings. The molecule has 2 aromatic heterocycles. The number of aliphatic hydroxyl groups excluding tert-OH is 1. The monoisotopic (exact) mass is 485 g/mol. The zero-order valence-corrected chi connectivity index (χ0v) is 18.8. The molecule has 1 aromatic carbocycles.